The van der Waals surface area contributed by atoms with E-state index in [0.717, 1.165) is 37.0 Å². The summed E-state index contributed by atoms with van der Waals surface area (Å²) in [6.07, 6.45) is 0. The summed E-state index contributed by atoms with van der Waals surface area (Å²) in [6, 6.07) is 10.0. The van der Waals surface area contributed by atoms with E-state index in [1.54, 1.807) is 7.11 Å². The van der Waals surface area contributed by atoms with Crippen molar-refractivity contribution in [3.8, 4) is 11.4 Å². The average Bonchev–Trinajstić information content (AvgIpc) is 2.77. The molecule has 3 nitrogen and oxygen atoms in total. The van der Waals surface area contributed by atoms with E-state index in [4.69, 9.17) is 17.0 Å². The number of methoxy groups -OCH3 is 1. The van der Waals surface area contributed by atoms with E-state index in [2.05, 4.69) is 49.8 Å². The lowest BCUT2D eigenvalue weighted by molar-refractivity contribution is 0.412. The third-order valence-electron chi connectivity index (χ3n) is 3.37. The first-order valence-electron chi connectivity index (χ1n) is 6.26. The zero-order chi connectivity index (χ0) is 15.1. The van der Waals surface area contributed by atoms with E-state index >= 15 is 0 Å². The number of hydrogen-bond donors (Lipinski definition) is 1. The fourth-order valence-electron chi connectivity index (χ4n) is 2.41. The summed E-state index contributed by atoms with van der Waals surface area (Å²) in [6.45, 7) is 2.07. The molecule has 3 aromatic rings. The largest absolute Gasteiger partial charge is 0.495 e. The number of nitrogens with zero attached hydrogens (tertiary/aromatic N) is 1. The Kier molecular flexibility index (Phi) is 3.94. The minimum atomic E-state index is 0.657. The van der Waals surface area contributed by atoms with Crippen LogP contribution in [0.3, 0.4) is 0 Å². The Labute approximate surface area is 144 Å². The van der Waals surface area contributed by atoms with Gasteiger partial charge in [0.05, 0.1) is 28.3 Å². The number of para-hydroxylation sites is 1. The second-order valence-corrected chi connectivity index (χ2v) is 6.77. The van der Waals surface area contributed by atoms with Crippen LogP contribution in [0.1, 0.15) is 5.56 Å². The van der Waals surface area contributed by atoms with Crippen LogP contribution in [0, 0.1) is 11.7 Å². The number of aromatic amines is 1. The number of rotatable bonds is 2. The second kappa shape index (κ2) is 5.59. The van der Waals surface area contributed by atoms with Crippen molar-refractivity contribution in [2.45, 2.75) is 6.92 Å². The zero-order valence-electron chi connectivity index (χ0n) is 11.4. The number of hydrogen-bond acceptors (Lipinski definition) is 2. The van der Waals surface area contributed by atoms with E-state index in [1.807, 2.05) is 28.8 Å². The Balaban J connectivity index is 2.41. The van der Waals surface area contributed by atoms with E-state index in [9.17, 15) is 0 Å². The van der Waals surface area contributed by atoms with Crippen LogP contribution in [0.2, 0.25) is 0 Å². The first-order valence-corrected chi connectivity index (χ1v) is 8.26. The van der Waals surface area contributed by atoms with Crippen LogP contribution in [0.5, 0.6) is 5.75 Å². The summed E-state index contributed by atoms with van der Waals surface area (Å²) < 4.78 is 9.91. The van der Waals surface area contributed by atoms with Crippen LogP contribution < -0.4 is 4.74 Å². The molecule has 2 aromatic carbocycles. The Bertz CT molecular complexity index is 899. The highest BCUT2D eigenvalue weighted by atomic mass is 79.9. The molecule has 0 saturated carbocycles. The molecule has 1 heterocycles. The van der Waals surface area contributed by atoms with Crippen LogP contribution in [0.25, 0.3) is 16.7 Å². The molecule has 1 aromatic heterocycles. The van der Waals surface area contributed by atoms with Crippen LogP contribution in [0.15, 0.2) is 39.3 Å². The number of benzene rings is 2. The van der Waals surface area contributed by atoms with Crippen molar-refractivity contribution in [1.29, 1.82) is 0 Å². The number of aryl methyl sites for hydroxylation is 1. The molecule has 1 N–H and O–H groups in total. The highest BCUT2D eigenvalue weighted by Gasteiger charge is 2.14. The molecule has 0 spiro atoms. The maximum absolute atomic E-state index is 5.50. The van der Waals surface area contributed by atoms with Crippen molar-refractivity contribution in [2.75, 3.05) is 7.11 Å². The summed E-state index contributed by atoms with van der Waals surface area (Å²) in [5.74, 6) is 0.762. The molecular weight excluding hydrogens is 416 g/mol. The second-order valence-electron chi connectivity index (χ2n) is 4.67. The van der Waals surface area contributed by atoms with E-state index in [0.29, 0.717) is 4.77 Å². The molecule has 0 aliphatic heterocycles. The number of imidazole rings is 1. The summed E-state index contributed by atoms with van der Waals surface area (Å²) in [5, 5.41) is 0. The summed E-state index contributed by atoms with van der Waals surface area (Å²) >= 11 is 12.6. The van der Waals surface area contributed by atoms with Gasteiger partial charge in [-0.3, -0.25) is 4.57 Å². The van der Waals surface area contributed by atoms with Gasteiger partial charge < -0.3 is 9.72 Å². The fourth-order valence-corrected chi connectivity index (χ4v) is 4.04. The van der Waals surface area contributed by atoms with Crippen molar-refractivity contribution in [3.63, 3.8) is 0 Å². The van der Waals surface area contributed by atoms with Gasteiger partial charge in [0.25, 0.3) is 0 Å². The van der Waals surface area contributed by atoms with Crippen LogP contribution in [0.4, 0.5) is 0 Å². The standard InChI is InChI=1S/C15H12Br2N2OS/c1-8-4-3-5-11-14(8)19(15(21)18-11)12-7-13(20-2)10(17)6-9(12)16/h3-7H,1-2H3,(H,18,21). The summed E-state index contributed by atoms with van der Waals surface area (Å²) in [4.78, 5) is 3.25. The summed E-state index contributed by atoms with van der Waals surface area (Å²) in [5.41, 5.74) is 4.20. The van der Waals surface area contributed by atoms with Crippen LogP contribution >= 0.6 is 44.1 Å². The normalized spacial score (nSPS) is 11.0. The van der Waals surface area contributed by atoms with Gasteiger partial charge in [0.15, 0.2) is 4.77 Å². The molecule has 0 amide bonds. The maximum Gasteiger partial charge on any atom is 0.182 e. The van der Waals surface area contributed by atoms with Gasteiger partial charge in [-0.05, 0) is 68.7 Å². The van der Waals surface area contributed by atoms with E-state index < -0.39 is 0 Å². The molecule has 0 saturated heterocycles. The van der Waals surface area contributed by atoms with Crippen molar-refractivity contribution in [1.82, 2.24) is 9.55 Å². The lowest BCUT2D eigenvalue weighted by atomic mass is 10.2. The van der Waals surface area contributed by atoms with Gasteiger partial charge in [-0.25, -0.2) is 0 Å². The van der Waals surface area contributed by atoms with Gasteiger partial charge in [-0.2, -0.15) is 0 Å². The lowest BCUT2D eigenvalue weighted by Gasteiger charge is -2.12. The number of aromatic nitrogens is 2. The topological polar surface area (TPSA) is 29.9 Å². The first-order chi connectivity index (χ1) is 10.0. The zero-order valence-corrected chi connectivity index (χ0v) is 15.4. The minimum Gasteiger partial charge on any atom is -0.495 e. The smallest absolute Gasteiger partial charge is 0.182 e. The number of fused-ring (bicyclic) bond motifs is 1. The first kappa shape index (κ1) is 14.8. The molecule has 0 fully saturated rings. The number of halogens is 2. The lowest BCUT2D eigenvalue weighted by Crippen LogP contribution is -1.98. The summed E-state index contributed by atoms with van der Waals surface area (Å²) in [7, 11) is 1.65. The number of ether oxygens (including phenoxy) is 1. The number of H-pyrrole nitrogens is 1. The molecule has 21 heavy (non-hydrogen) atoms. The van der Waals surface area contributed by atoms with Gasteiger partial charge in [-0.15, -0.1) is 0 Å². The Morgan fingerprint density at radius 1 is 1.19 bits per heavy atom. The van der Waals surface area contributed by atoms with E-state index in [-0.39, 0.29) is 0 Å². The number of nitrogens with one attached hydrogen (secondary N) is 1. The Morgan fingerprint density at radius 2 is 1.95 bits per heavy atom. The highest BCUT2D eigenvalue weighted by Crippen LogP contribution is 2.35. The Morgan fingerprint density at radius 3 is 2.67 bits per heavy atom. The van der Waals surface area contributed by atoms with Gasteiger partial charge in [-0.1, -0.05) is 12.1 Å². The van der Waals surface area contributed by atoms with Gasteiger partial charge >= 0.3 is 0 Å². The van der Waals surface area contributed by atoms with Gasteiger partial charge in [0.2, 0.25) is 0 Å². The molecule has 6 heteroatoms. The third kappa shape index (κ3) is 2.45. The Hall–Kier alpha value is -1.11. The molecule has 0 radical (unpaired) electrons. The van der Waals surface area contributed by atoms with Gasteiger partial charge in [0.1, 0.15) is 5.75 Å². The molecular formula is C15H12Br2N2OS. The molecule has 0 bridgehead atoms. The van der Waals surface area contributed by atoms with Crippen molar-refractivity contribution in [2.24, 2.45) is 0 Å². The monoisotopic (exact) mass is 426 g/mol. The molecule has 0 atom stereocenters. The molecule has 108 valence electrons. The van der Waals surface area contributed by atoms with Crippen molar-refractivity contribution >= 4 is 55.1 Å². The van der Waals surface area contributed by atoms with Crippen molar-refractivity contribution < 1.29 is 4.74 Å². The third-order valence-corrected chi connectivity index (χ3v) is 4.91. The van der Waals surface area contributed by atoms with Gasteiger partial charge in [0, 0.05) is 10.5 Å². The van der Waals surface area contributed by atoms with E-state index in [1.165, 1.54) is 0 Å². The maximum atomic E-state index is 5.50. The van der Waals surface area contributed by atoms with Crippen LogP contribution in [-0.4, -0.2) is 16.7 Å². The quantitative estimate of drug-likeness (QED) is 0.545. The fraction of sp³-hybridized carbons (Fsp3) is 0.133. The predicted molar refractivity (Wildman–Crippen MR) is 95.1 cm³/mol. The molecule has 3 rings (SSSR count). The molecule has 0 aliphatic carbocycles. The minimum absolute atomic E-state index is 0.657. The predicted octanol–water partition coefficient (Wildman–Crippen LogP) is 5.53. The van der Waals surface area contributed by atoms with Crippen LogP contribution in [-0.2, 0) is 0 Å². The average molecular weight is 428 g/mol. The molecule has 0 aliphatic rings. The molecule has 0 unspecified atom stereocenters. The SMILES string of the molecule is COc1cc(-n2c(=S)[nH]c3cccc(C)c32)c(Br)cc1Br. The highest BCUT2D eigenvalue weighted by molar-refractivity contribution is 9.11. The van der Waals surface area contributed by atoms with Crippen molar-refractivity contribution in [3.05, 3.63) is 49.6 Å².